The SMILES string of the molecule is COC(=O)C(Oc1cccc2c1c(C(=O)C(N)=O)c(C)n2Cc1ccccc1)C(=O)O. The van der Waals surface area contributed by atoms with Gasteiger partial charge in [0.1, 0.15) is 5.75 Å². The molecular formula is C22H20N2O7. The van der Waals surface area contributed by atoms with Gasteiger partial charge in [0.2, 0.25) is 0 Å². The van der Waals surface area contributed by atoms with Crippen LogP contribution in [0.5, 0.6) is 5.75 Å². The molecule has 0 spiro atoms. The van der Waals surface area contributed by atoms with Gasteiger partial charge in [0, 0.05) is 12.2 Å². The van der Waals surface area contributed by atoms with E-state index in [0.29, 0.717) is 17.8 Å². The third-order valence-corrected chi connectivity index (χ3v) is 4.83. The molecule has 31 heavy (non-hydrogen) atoms. The fourth-order valence-corrected chi connectivity index (χ4v) is 3.39. The number of benzene rings is 2. The van der Waals surface area contributed by atoms with Crippen LogP contribution in [0.25, 0.3) is 10.9 Å². The number of esters is 1. The van der Waals surface area contributed by atoms with E-state index in [2.05, 4.69) is 4.74 Å². The minimum atomic E-state index is -1.95. The summed E-state index contributed by atoms with van der Waals surface area (Å²) in [6.45, 7) is 2.02. The maximum atomic E-state index is 12.7. The number of aromatic nitrogens is 1. The van der Waals surface area contributed by atoms with Gasteiger partial charge in [-0.25, -0.2) is 9.59 Å². The molecule has 1 unspecified atom stereocenters. The molecule has 1 heterocycles. The molecule has 160 valence electrons. The lowest BCUT2D eigenvalue weighted by molar-refractivity contribution is -0.161. The fourth-order valence-electron chi connectivity index (χ4n) is 3.39. The molecule has 9 heteroatoms. The molecule has 2 aromatic carbocycles. The van der Waals surface area contributed by atoms with Crippen molar-refractivity contribution in [3.8, 4) is 5.75 Å². The van der Waals surface area contributed by atoms with Gasteiger partial charge in [-0.15, -0.1) is 0 Å². The number of carbonyl (C=O) groups is 4. The molecule has 0 aliphatic rings. The smallest absolute Gasteiger partial charge is 0.359 e. The van der Waals surface area contributed by atoms with Crippen LogP contribution in [0.4, 0.5) is 0 Å². The summed E-state index contributed by atoms with van der Waals surface area (Å²) >= 11 is 0. The fraction of sp³-hybridized carbons (Fsp3) is 0.182. The van der Waals surface area contributed by atoms with E-state index < -0.39 is 29.7 Å². The molecular weight excluding hydrogens is 404 g/mol. The predicted octanol–water partition coefficient (Wildman–Crippen LogP) is 1.67. The number of rotatable bonds is 8. The first-order valence-electron chi connectivity index (χ1n) is 9.23. The second-order valence-corrected chi connectivity index (χ2v) is 6.74. The van der Waals surface area contributed by atoms with Gasteiger partial charge in [-0.2, -0.15) is 0 Å². The molecule has 0 bridgehead atoms. The molecule has 0 aliphatic heterocycles. The summed E-state index contributed by atoms with van der Waals surface area (Å²) in [7, 11) is 1.03. The number of fused-ring (bicyclic) bond motifs is 1. The van der Waals surface area contributed by atoms with E-state index in [1.165, 1.54) is 6.07 Å². The quantitative estimate of drug-likeness (QED) is 0.243. The zero-order chi connectivity index (χ0) is 22.7. The summed E-state index contributed by atoms with van der Waals surface area (Å²) in [6, 6.07) is 14.1. The van der Waals surface area contributed by atoms with Crippen molar-refractivity contribution in [3.05, 3.63) is 65.4 Å². The maximum Gasteiger partial charge on any atom is 0.359 e. The minimum absolute atomic E-state index is 0.0111. The zero-order valence-corrected chi connectivity index (χ0v) is 16.8. The van der Waals surface area contributed by atoms with Crippen LogP contribution >= 0.6 is 0 Å². The lowest BCUT2D eigenvalue weighted by atomic mass is 10.1. The van der Waals surface area contributed by atoms with Crippen LogP contribution < -0.4 is 10.5 Å². The Bertz CT molecular complexity index is 1180. The summed E-state index contributed by atoms with van der Waals surface area (Å²) in [5.74, 6) is -4.86. The van der Waals surface area contributed by atoms with Gasteiger partial charge in [0.25, 0.3) is 17.8 Å². The molecule has 1 atom stereocenters. The molecule has 1 aromatic heterocycles. The lowest BCUT2D eigenvalue weighted by Gasteiger charge is -2.14. The number of carbonyl (C=O) groups excluding carboxylic acids is 3. The number of nitrogens with zero attached hydrogens (tertiary/aromatic N) is 1. The summed E-state index contributed by atoms with van der Waals surface area (Å²) in [6.07, 6.45) is -1.95. The molecule has 3 aromatic rings. The number of Topliss-reactive ketones (excluding diaryl/α,β-unsaturated/α-hetero) is 1. The average Bonchev–Trinajstić information content (AvgIpc) is 3.03. The van der Waals surface area contributed by atoms with Crippen molar-refractivity contribution in [1.29, 1.82) is 0 Å². The molecule has 9 nitrogen and oxygen atoms in total. The van der Waals surface area contributed by atoms with E-state index in [0.717, 1.165) is 12.7 Å². The Morgan fingerprint density at radius 2 is 1.74 bits per heavy atom. The van der Waals surface area contributed by atoms with Gasteiger partial charge in [0.05, 0.1) is 23.6 Å². The number of ether oxygens (including phenoxy) is 2. The standard InChI is InChI=1S/C22H20N2O7/c1-12-16(18(25)20(23)26)17-14(24(12)11-13-7-4-3-5-8-13)9-6-10-15(17)31-19(21(27)28)22(29)30-2/h3-10,19H,11H2,1-2H3,(H2,23,26)(H,27,28). The Kier molecular flexibility index (Phi) is 6.05. The first kappa shape index (κ1) is 21.6. The molecule has 0 aliphatic carbocycles. The highest BCUT2D eigenvalue weighted by atomic mass is 16.6. The second kappa shape index (κ2) is 8.70. The van der Waals surface area contributed by atoms with E-state index in [-0.39, 0.29) is 16.7 Å². The van der Waals surface area contributed by atoms with E-state index in [1.807, 2.05) is 30.3 Å². The number of ketones is 1. The Labute approximate surface area is 177 Å². The summed E-state index contributed by atoms with van der Waals surface area (Å²) < 4.78 is 11.7. The number of primary amides is 1. The summed E-state index contributed by atoms with van der Waals surface area (Å²) in [5.41, 5.74) is 7.14. The van der Waals surface area contributed by atoms with Crippen molar-refractivity contribution in [3.63, 3.8) is 0 Å². The third-order valence-electron chi connectivity index (χ3n) is 4.83. The van der Waals surface area contributed by atoms with Crippen molar-refractivity contribution in [2.75, 3.05) is 7.11 Å². The second-order valence-electron chi connectivity index (χ2n) is 6.74. The number of aliphatic carboxylic acids is 1. The van der Waals surface area contributed by atoms with E-state index in [9.17, 15) is 24.3 Å². The molecule has 0 saturated carbocycles. The highest BCUT2D eigenvalue weighted by Crippen LogP contribution is 2.35. The van der Waals surface area contributed by atoms with E-state index in [1.54, 1.807) is 23.6 Å². The number of amides is 1. The van der Waals surface area contributed by atoms with Gasteiger partial charge >= 0.3 is 11.9 Å². The van der Waals surface area contributed by atoms with E-state index in [4.69, 9.17) is 10.5 Å². The van der Waals surface area contributed by atoms with Crippen LogP contribution in [0.15, 0.2) is 48.5 Å². The van der Waals surface area contributed by atoms with Crippen LogP contribution in [-0.4, -0.2) is 46.5 Å². The topological polar surface area (TPSA) is 138 Å². The van der Waals surface area contributed by atoms with Crippen LogP contribution in [0.1, 0.15) is 21.6 Å². The Morgan fingerprint density at radius 1 is 1.06 bits per heavy atom. The van der Waals surface area contributed by atoms with Crippen molar-refractivity contribution in [1.82, 2.24) is 4.57 Å². The number of nitrogens with two attached hydrogens (primary N) is 1. The van der Waals surface area contributed by atoms with Crippen molar-refractivity contribution >= 4 is 34.5 Å². The highest BCUT2D eigenvalue weighted by Gasteiger charge is 2.32. The molecule has 1 amide bonds. The first-order valence-corrected chi connectivity index (χ1v) is 9.23. The number of hydrogen-bond acceptors (Lipinski definition) is 6. The minimum Gasteiger partial charge on any atom is -0.478 e. The third kappa shape index (κ3) is 4.11. The van der Waals surface area contributed by atoms with Crippen LogP contribution in [0, 0.1) is 6.92 Å². The van der Waals surface area contributed by atoms with Crippen molar-refractivity contribution < 1.29 is 33.8 Å². The highest BCUT2D eigenvalue weighted by molar-refractivity contribution is 6.45. The van der Waals surface area contributed by atoms with Gasteiger partial charge in [-0.05, 0) is 24.6 Å². The van der Waals surface area contributed by atoms with Crippen LogP contribution in [0.3, 0.4) is 0 Å². The van der Waals surface area contributed by atoms with Crippen LogP contribution in [-0.2, 0) is 25.7 Å². The zero-order valence-electron chi connectivity index (χ0n) is 16.8. The monoisotopic (exact) mass is 424 g/mol. The van der Waals surface area contributed by atoms with Gasteiger partial charge < -0.3 is 24.9 Å². The number of carboxylic acids is 1. The molecule has 3 N–H and O–H groups in total. The van der Waals surface area contributed by atoms with Gasteiger partial charge in [-0.3, -0.25) is 9.59 Å². The van der Waals surface area contributed by atoms with E-state index >= 15 is 0 Å². The first-order chi connectivity index (χ1) is 14.8. The Balaban J connectivity index is 2.24. The van der Waals surface area contributed by atoms with Gasteiger partial charge in [-0.1, -0.05) is 36.4 Å². The lowest BCUT2D eigenvalue weighted by Crippen LogP contribution is -2.36. The molecule has 0 radical (unpaired) electrons. The number of methoxy groups -OCH3 is 1. The van der Waals surface area contributed by atoms with Gasteiger partial charge in [0.15, 0.2) is 0 Å². The van der Waals surface area contributed by atoms with Crippen molar-refractivity contribution in [2.45, 2.75) is 19.6 Å². The number of carboxylic acid groups (broad SMARTS) is 1. The average molecular weight is 424 g/mol. The van der Waals surface area contributed by atoms with Crippen LogP contribution in [0.2, 0.25) is 0 Å². The Hall–Kier alpha value is -4.14. The normalized spacial score (nSPS) is 11.7. The molecule has 0 saturated heterocycles. The summed E-state index contributed by atoms with van der Waals surface area (Å²) in [5, 5.41) is 9.55. The molecule has 3 rings (SSSR count). The number of hydrogen-bond donors (Lipinski definition) is 2. The maximum absolute atomic E-state index is 12.7. The largest absolute Gasteiger partial charge is 0.478 e. The van der Waals surface area contributed by atoms with Crippen molar-refractivity contribution in [2.24, 2.45) is 5.73 Å². The Morgan fingerprint density at radius 3 is 2.32 bits per heavy atom. The predicted molar refractivity (Wildman–Crippen MR) is 110 cm³/mol. The molecule has 0 fully saturated rings. The summed E-state index contributed by atoms with van der Waals surface area (Å²) in [4.78, 5) is 47.7.